The van der Waals surface area contributed by atoms with E-state index >= 15 is 0 Å². The smallest absolute Gasteiger partial charge is 0.338 e. The van der Waals surface area contributed by atoms with E-state index in [4.69, 9.17) is 26.7 Å². The van der Waals surface area contributed by atoms with E-state index in [1.54, 1.807) is 0 Å². The second kappa shape index (κ2) is 6.98. The van der Waals surface area contributed by atoms with Crippen LogP contribution in [0.1, 0.15) is 10.4 Å². The number of rotatable bonds is 4. The van der Waals surface area contributed by atoms with Crippen molar-refractivity contribution >= 4 is 23.6 Å². The Morgan fingerprint density at radius 1 is 1.10 bits per heavy atom. The molecule has 0 heterocycles. The van der Waals surface area contributed by atoms with Crippen LogP contribution in [0.4, 0.5) is 5.69 Å². The molecule has 0 fully saturated rings. The zero-order chi connectivity index (χ0) is 16.0. The highest BCUT2D eigenvalue weighted by atomic mass is 16.5. The minimum atomic E-state index is -0.562. The molecule has 114 valence electrons. The maximum absolute atomic E-state index is 11.6. The van der Waals surface area contributed by atoms with Crippen LogP contribution in [0.3, 0.4) is 0 Å². The minimum Gasteiger partial charge on any atom is -0.493 e. The number of aliphatic imine (C=N–C) groups is 2. The summed E-state index contributed by atoms with van der Waals surface area (Å²) in [5.74, 6) is -0.438. The average molecular weight is 295 g/mol. The summed E-state index contributed by atoms with van der Waals surface area (Å²) < 4.78 is 15.0. The van der Waals surface area contributed by atoms with Crippen LogP contribution in [0, 0.1) is 0 Å². The lowest BCUT2D eigenvalue weighted by Gasteiger charge is -2.12. The second-order valence-corrected chi connectivity index (χ2v) is 3.73. The van der Waals surface area contributed by atoms with Gasteiger partial charge in [-0.25, -0.2) is 9.79 Å². The summed E-state index contributed by atoms with van der Waals surface area (Å²) in [6.07, 6.45) is 0. The molecule has 6 N–H and O–H groups in total. The molecule has 0 unspecified atom stereocenters. The molecule has 9 nitrogen and oxygen atoms in total. The van der Waals surface area contributed by atoms with Crippen LogP contribution in [-0.4, -0.2) is 39.2 Å². The quantitative estimate of drug-likeness (QED) is 0.392. The number of guanidine groups is 2. The molecule has 0 spiro atoms. The highest BCUT2D eigenvalue weighted by Crippen LogP contribution is 2.38. The molecule has 9 heteroatoms. The summed E-state index contributed by atoms with van der Waals surface area (Å²) in [6.45, 7) is 0. The topological polar surface area (TPSA) is 148 Å². The van der Waals surface area contributed by atoms with Crippen LogP contribution in [-0.2, 0) is 4.74 Å². The van der Waals surface area contributed by atoms with Crippen molar-refractivity contribution in [3.8, 4) is 11.5 Å². The summed E-state index contributed by atoms with van der Waals surface area (Å²) in [5.41, 5.74) is 16.4. The summed E-state index contributed by atoms with van der Waals surface area (Å²) >= 11 is 0. The highest BCUT2D eigenvalue weighted by molar-refractivity contribution is 5.95. The van der Waals surface area contributed by atoms with E-state index < -0.39 is 5.97 Å². The Morgan fingerprint density at radius 2 is 1.76 bits per heavy atom. The van der Waals surface area contributed by atoms with E-state index in [-0.39, 0.29) is 34.7 Å². The predicted molar refractivity (Wildman–Crippen MR) is 78.0 cm³/mol. The van der Waals surface area contributed by atoms with Gasteiger partial charge in [0, 0.05) is 0 Å². The van der Waals surface area contributed by atoms with Gasteiger partial charge < -0.3 is 31.4 Å². The maximum Gasteiger partial charge on any atom is 0.338 e. The zero-order valence-corrected chi connectivity index (χ0v) is 11.9. The molecular formula is C12H17N5O4. The fraction of sp³-hybridized carbons (Fsp3) is 0.250. The number of hydrogen-bond acceptors (Lipinski definition) is 5. The standard InChI is InChI=1S/C12H17N5O4/c1-19-8-5-6(10(18)21-3)4-7(9(8)20-2)16-12(15)17-11(13)14/h4-5H,1-3H3,(H6,13,14,15,16,17). The molecule has 0 saturated carbocycles. The maximum atomic E-state index is 11.6. The number of carbonyl (C=O) groups excluding carboxylic acids is 1. The second-order valence-electron chi connectivity index (χ2n) is 3.73. The Labute approximate surface area is 121 Å². The molecule has 0 atom stereocenters. The number of ether oxygens (including phenoxy) is 3. The van der Waals surface area contributed by atoms with Gasteiger partial charge in [0.15, 0.2) is 17.5 Å². The van der Waals surface area contributed by atoms with Gasteiger partial charge >= 0.3 is 5.97 Å². The van der Waals surface area contributed by atoms with Crippen molar-refractivity contribution in [2.24, 2.45) is 27.2 Å². The molecule has 0 aliphatic rings. The monoisotopic (exact) mass is 295 g/mol. The molecular weight excluding hydrogens is 278 g/mol. The van der Waals surface area contributed by atoms with Crippen LogP contribution < -0.4 is 26.7 Å². The summed E-state index contributed by atoms with van der Waals surface area (Å²) in [7, 11) is 4.10. The van der Waals surface area contributed by atoms with Crippen molar-refractivity contribution < 1.29 is 19.0 Å². The van der Waals surface area contributed by atoms with Crippen LogP contribution in [0.25, 0.3) is 0 Å². The molecule has 0 amide bonds. The molecule has 0 bridgehead atoms. The van der Waals surface area contributed by atoms with Gasteiger partial charge in [0.2, 0.25) is 5.96 Å². The summed E-state index contributed by atoms with van der Waals surface area (Å²) in [6, 6.07) is 2.88. The molecule has 1 aromatic carbocycles. The third-order valence-electron chi connectivity index (χ3n) is 2.36. The van der Waals surface area contributed by atoms with Gasteiger partial charge in [-0.05, 0) is 12.1 Å². The zero-order valence-electron chi connectivity index (χ0n) is 11.9. The van der Waals surface area contributed by atoms with E-state index in [0.717, 1.165) is 0 Å². The molecule has 0 aliphatic carbocycles. The molecule has 1 rings (SSSR count). The van der Waals surface area contributed by atoms with Gasteiger partial charge in [-0.2, -0.15) is 4.99 Å². The first-order valence-electron chi connectivity index (χ1n) is 5.71. The van der Waals surface area contributed by atoms with Crippen molar-refractivity contribution in [3.05, 3.63) is 17.7 Å². The van der Waals surface area contributed by atoms with E-state index in [2.05, 4.69) is 14.7 Å². The van der Waals surface area contributed by atoms with E-state index in [1.165, 1.54) is 33.5 Å². The van der Waals surface area contributed by atoms with Crippen molar-refractivity contribution in [2.45, 2.75) is 0 Å². The predicted octanol–water partition coefficient (Wildman–Crippen LogP) is -0.290. The lowest BCUT2D eigenvalue weighted by molar-refractivity contribution is 0.0600. The lowest BCUT2D eigenvalue weighted by atomic mass is 10.1. The first-order valence-corrected chi connectivity index (χ1v) is 5.71. The van der Waals surface area contributed by atoms with Gasteiger partial charge in [0.1, 0.15) is 5.69 Å². The number of methoxy groups -OCH3 is 3. The third-order valence-corrected chi connectivity index (χ3v) is 2.36. The van der Waals surface area contributed by atoms with Crippen LogP contribution in [0.5, 0.6) is 11.5 Å². The number of benzene rings is 1. The normalized spacial score (nSPS) is 10.7. The van der Waals surface area contributed by atoms with E-state index in [9.17, 15) is 4.79 Å². The summed E-state index contributed by atoms with van der Waals surface area (Å²) in [4.78, 5) is 19.2. The largest absolute Gasteiger partial charge is 0.493 e. The van der Waals surface area contributed by atoms with Crippen molar-refractivity contribution in [3.63, 3.8) is 0 Å². The number of carbonyl (C=O) groups is 1. The number of esters is 1. The SMILES string of the molecule is COC(=O)c1cc(N=C(N)N=C(N)N)c(OC)c(OC)c1. The number of hydrogen-bond donors (Lipinski definition) is 3. The Balaban J connectivity index is 3.46. The van der Waals surface area contributed by atoms with Crippen LogP contribution >= 0.6 is 0 Å². The number of nitrogens with zero attached hydrogens (tertiary/aromatic N) is 2. The lowest BCUT2D eigenvalue weighted by Crippen LogP contribution is -2.26. The first-order chi connectivity index (χ1) is 9.92. The molecule has 0 radical (unpaired) electrons. The Hall–Kier alpha value is -2.97. The molecule has 0 saturated heterocycles. The van der Waals surface area contributed by atoms with Gasteiger partial charge in [-0.15, -0.1) is 0 Å². The minimum absolute atomic E-state index is 0.197. The van der Waals surface area contributed by atoms with Crippen molar-refractivity contribution in [1.29, 1.82) is 0 Å². The van der Waals surface area contributed by atoms with E-state index in [0.29, 0.717) is 0 Å². The molecule has 21 heavy (non-hydrogen) atoms. The fourth-order valence-corrected chi connectivity index (χ4v) is 1.54. The fourth-order valence-electron chi connectivity index (χ4n) is 1.54. The van der Waals surface area contributed by atoms with Gasteiger partial charge in [-0.3, -0.25) is 0 Å². The first kappa shape index (κ1) is 16.1. The molecule has 1 aromatic rings. The Morgan fingerprint density at radius 3 is 2.24 bits per heavy atom. The van der Waals surface area contributed by atoms with Gasteiger partial charge in [0.05, 0.1) is 26.9 Å². The van der Waals surface area contributed by atoms with Gasteiger partial charge in [-0.1, -0.05) is 0 Å². The average Bonchev–Trinajstić information content (AvgIpc) is 2.44. The van der Waals surface area contributed by atoms with E-state index in [1.807, 2.05) is 0 Å². The highest BCUT2D eigenvalue weighted by Gasteiger charge is 2.16. The Bertz CT molecular complexity index is 594. The molecule has 0 aromatic heterocycles. The van der Waals surface area contributed by atoms with Gasteiger partial charge in [0.25, 0.3) is 0 Å². The van der Waals surface area contributed by atoms with Crippen LogP contribution in [0.2, 0.25) is 0 Å². The van der Waals surface area contributed by atoms with Crippen molar-refractivity contribution in [2.75, 3.05) is 21.3 Å². The van der Waals surface area contributed by atoms with Crippen LogP contribution in [0.15, 0.2) is 22.1 Å². The Kier molecular flexibility index (Phi) is 5.35. The molecule has 0 aliphatic heterocycles. The number of nitrogens with two attached hydrogens (primary N) is 3. The third kappa shape index (κ3) is 4.00. The summed E-state index contributed by atoms with van der Waals surface area (Å²) in [5, 5.41) is 0. The van der Waals surface area contributed by atoms with Crippen molar-refractivity contribution in [1.82, 2.24) is 0 Å².